The van der Waals surface area contributed by atoms with Crippen molar-refractivity contribution >= 4 is 43.7 Å². The van der Waals surface area contributed by atoms with Gasteiger partial charge in [0, 0.05) is 38.7 Å². The molecule has 0 N–H and O–H groups in total. The number of aromatic nitrogens is 4. The first-order valence-corrected chi connectivity index (χ1v) is 16.9. The first-order valence-electron chi connectivity index (χ1n) is 16.9. The van der Waals surface area contributed by atoms with Crippen molar-refractivity contribution in [1.82, 2.24) is 19.1 Å². The van der Waals surface area contributed by atoms with Crippen molar-refractivity contribution in [3.63, 3.8) is 0 Å². The molecule has 0 spiro atoms. The summed E-state index contributed by atoms with van der Waals surface area (Å²) in [5.74, 6) is 0.702. The molecule has 0 atom stereocenters. The Hall–Kier alpha value is -6.78. The molecule has 4 heteroatoms. The second-order valence-corrected chi connectivity index (χ2v) is 12.6. The van der Waals surface area contributed by atoms with Crippen LogP contribution in [0.15, 0.2) is 182 Å². The van der Waals surface area contributed by atoms with E-state index < -0.39 is 0 Å². The lowest BCUT2D eigenvalue weighted by Crippen LogP contribution is -1.99. The van der Waals surface area contributed by atoms with Gasteiger partial charge in [-0.2, -0.15) is 0 Å². The van der Waals surface area contributed by atoms with Crippen LogP contribution in [0.1, 0.15) is 0 Å². The Morgan fingerprint density at radius 2 is 0.940 bits per heavy atom. The number of benzene rings is 7. The van der Waals surface area contributed by atoms with Crippen LogP contribution in [0.3, 0.4) is 0 Å². The van der Waals surface area contributed by atoms with E-state index in [0.717, 1.165) is 50.1 Å². The molecule has 0 aliphatic rings. The zero-order chi connectivity index (χ0) is 33.0. The molecule has 10 aromatic rings. The van der Waals surface area contributed by atoms with E-state index in [4.69, 9.17) is 9.97 Å². The lowest BCUT2D eigenvalue weighted by molar-refractivity contribution is 1.11. The van der Waals surface area contributed by atoms with Crippen LogP contribution in [0.2, 0.25) is 0 Å². The molecule has 3 aromatic heterocycles. The second kappa shape index (κ2) is 11.4. The van der Waals surface area contributed by atoms with Gasteiger partial charge in [0.2, 0.25) is 0 Å². The molecule has 0 radical (unpaired) electrons. The molecule has 50 heavy (non-hydrogen) atoms. The SMILES string of the molecule is c1ccc(-c2ccc3c4ccccc4n(-c4ccc5c(c4)c4c(-c6ccccc6)nc(-c6ccccc6)nc4n5-c4ccccc4)c3c2)cc1. The number of hydrogen-bond acceptors (Lipinski definition) is 2. The summed E-state index contributed by atoms with van der Waals surface area (Å²) in [6, 6.07) is 64.3. The topological polar surface area (TPSA) is 35.6 Å². The molecule has 10 rings (SSSR count). The van der Waals surface area contributed by atoms with Crippen LogP contribution < -0.4 is 0 Å². The Labute approximate surface area is 289 Å². The van der Waals surface area contributed by atoms with Gasteiger partial charge in [-0.3, -0.25) is 4.57 Å². The third-order valence-corrected chi connectivity index (χ3v) is 9.72. The van der Waals surface area contributed by atoms with E-state index in [1.54, 1.807) is 0 Å². The molecule has 0 amide bonds. The van der Waals surface area contributed by atoms with Crippen LogP contribution in [0.4, 0.5) is 0 Å². The summed E-state index contributed by atoms with van der Waals surface area (Å²) in [7, 11) is 0. The molecule has 234 valence electrons. The summed E-state index contributed by atoms with van der Waals surface area (Å²) in [4.78, 5) is 10.6. The van der Waals surface area contributed by atoms with Crippen molar-refractivity contribution in [2.24, 2.45) is 0 Å². The maximum atomic E-state index is 5.33. The molecule has 3 heterocycles. The van der Waals surface area contributed by atoms with Gasteiger partial charge >= 0.3 is 0 Å². The van der Waals surface area contributed by atoms with E-state index in [2.05, 4.69) is 173 Å². The number of rotatable bonds is 5. The van der Waals surface area contributed by atoms with Gasteiger partial charge in [-0.15, -0.1) is 0 Å². The van der Waals surface area contributed by atoms with E-state index in [1.165, 1.54) is 32.9 Å². The third-order valence-electron chi connectivity index (χ3n) is 9.72. The Balaban J connectivity index is 1.32. The summed E-state index contributed by atoms with van der Waals surface area (Å²) < 4.78 is 4.69. The van der Waals surface area contributed by atoms with Crippen molar-refractivity contribution in [2.75, 3.05) is 0 Å². The molecule has 7 aromatic carbocycles. The maximum absolute atomic E-state index is 5.33. The molecule has 0 saturated carbocycles. The molecular weight excluding hydrogens is 609 g/mol. The van der Waals surface area contributed by atoms with Gasteiger partial charge in [0.1, 0.15) is 5.65 Å². The van der Waals surface area contributed by atoms with Crippen molar-refractivity contribution in [3.8, 4) is 45.1 Å². The van der Waals surface area contributed by atoms with Gasteiger partial charge in [-0.25, -0.2) is 9.97 Å². The summed E-state index contributed by atoms with van der Waals surface area (Å²) in [5, 5.41) is 4.59. The molecule has 0 saturated heterocycles. The van der Waals surface area contributed by atoms with E-state index in [9.17, 15) is 0 Å². The fourth-order valence-corrected chi connectivity index (χ4v) is 7.45. The first-order chi connectivity index (χ1) is 24.8. The minimum absolute atomic E-state index is 0.702. The Morgan fingerprint density at radius 1 is 0.340 bits per heavy atom. The van der Waals surface area contributed by atoms with Crippen molar-refractivity contribution < 1.29 is 0 Å². The predicted octanol–water partition coefficient (Wildman–Crippen LogP) is 11.7. The largest absolute Gasteiger partial charge is 0.309 e. The standard InChI is InChI=1S/C46H30N4/c1-5-15-31(16-6-1)34-25-27-38-37-23-13-14-24-40(37)49(42(38)29-34)36-26-28-41-39(30-36)43-44(32-17-7-2-8-18-32)47-45(33-19-9-3-10-20-33)48-46(43)50(41)35-21-11-4-12-22-35/h1-30H. The summed E-state index contributed by atoms with van der Waals surface area (Å²) in [5.41, 5.74) is 11.8. The summed E-state index contributed by atoms with van der Waals surface area (Å²) >= 11 is 0. The highest BCUT2D eigenvalue weighted by atomic mass is 15.1. The van der Waals surface area contributed by atoms with Crippen LogP contribution >= 0.6 is 0 Å². The molecular formula is C46H30N4. The van der Waals surface area contributed by atoms with Crippen molar-refractivity contribution in [1.29, 1.82) is 0 Å². The Morgan fingerprint density at radius 3 is 1.68 bits per heavy atom. The van der Waals surface area contributed by atoms with Gasteiger partial charge in [0.15, 0.2) is 5.82 Å². The summed E-state index contributed by atoms with van der Waals surface area (Å²) in [6.07, 6.45) is 0. The smallest absolute Gasteiger partial charge is 0.162 e. The highest BCUT2D eigenvalue weighted by Crippen LogP contribution is 2.41. The van der Waals surface area contributed by atoms with Crippen LogP contribution in [0.25, 0.3) is 88.9 Å². The normalized spacial score (nSPS) is 11.6. The third kappa shape index (κ3) is 4.46. The van der Waals surface area contributed by atoms with E-state index in [0.29, 0.717) is 5.82 Å². The molecule has 0 unspecified atom stereocenters. The Kier molecular flexibility index (Phi) is 6.46. The summed E-state index contributed by atoms with van der Waals surface area (Å²) in [6.45, 7) is 0. The zero-order valence-electron chi connectivity index (χ0n) is 27.1. The van der Waals surface area contributed by atoms with Crippen LogP contribution in [0, 0.1) is 0 Å². The van der Waals surface area contributed by atoms with Crippen LogP contribution in [-0.2, 0) is 0 Å². The second-order valence-electron chi connectivity index (χ2n) is 12.6. The highest BCUT2D eigenvalue weighted by molar-refractivity contribution is 6.15. The highest BCUT2D eigenvalue weighted by Gasteiger charge is 2.22. The molecule has 0 bridgehead atoms. The number of para-hydroxylation sites is 2. The van der Waals surface area contributed by atoms with E-state index in [-0.39, 0.29) is 0 Å². The zero-order valence-corrected chi connectivity index (χ0v) is 27.1. The van der Waals surface area contributed by atoms with Gasteiger partial charge in [0.25, 0.3) is 0 Å². The van der Waals surface area contributed by atoms with Crippen LogP contribution in [-0.4, -0.2) is 19.1 Å². The number of fused-ring (bicyclic) bond motifs is 6. The van der Waals surface area contributed by atoms with E-state index >= 15 is 0 Å². The average Bonchev–Trinajstić information content (AvgIpc) is 3.71. The maximum Gasteiger partial charge on any atom is 0.162 e. The minimum Gasteiger partial charge on any atom is -0.309 e. The molecule has 4 nitrogen and oxygen atoms in total. The molecule has 0 aliphatic carbocycles. The van der Waals surface area contributed by atoms with Crippen LogP contribution in [0.5, 0.6) is 0 Å². The first kappa shape index (κ1) is 28.3. The van der Waals surface area contributed by atoms with Gasteiger partial charge in [-0.1, -0.05) is 140 Å². The van der Waals surface area contributed by atoms with Crippen molar-refractivity contribution in [2.45, 2.75) is 0 Å². The number of nitrogens with zero attached hydrogens (tertiary/aromatic N) is 4. The molecule has 0 fully saturated rings. The monoisotopic (exact) mass is 638 g/mol. The average molecular weight is 639 g/mol. The van der Waals surface area contributed by atoms with Gasteiger partial charge in [0.05, 0.1) is 27.6 Å². The molecule has 0 aliphatic heterocycles. The van der Waals surface area contributed by atoms with Crippen molar-refractivity contribution in [3.05, 3.63) is 182 Å². The van der Waals surface area contributed by atoms with Gasteiger partial charge < -0.3 is 4.57 Å². The Bertz CT molecular complexity index is 2840. The number of hydrogen-bond donors (Lipinski definition) is 0. The quantitative estimate of drug-likeness (QED) is 0.188. The van der Waals surface area contributed by atoms with E-state index in [1.807, 2.05) is 18.2 Å². The fourth-order valence-electron chi connectivity index (χ4n) is 7.45. The minimum atomic E-state index is 0.702. The lowest BCUT2D eigenvalue weighted by Gasteiger charge is -2.11. The fraction of sp³-hybridized carbons (Fsp3) is 0. The van der Waals surface area contributed by atoms with Gasteiger partial charge in [-0.05, 0) is 53.6 Å². The lowest BCUT2D eigenvalue weighted by atomic mass is 10.0. The predicted molar refractivity (Wildman–Crippen MR) is 207 cm³/mol.